The van der Waals surface area contributed by atoms with Gasteiger partial charge in [0.05, 0.1) is 25.5 Å². The predicted octanol–water partition coefficient (Wildman–Crippen LogP) is 1.46. The Morgan fingerprint density at radius 3 is 2.45 bits per heavy atom. The van der Waals surface area contributed by atoms with Crippen molar-refractivity contribution in [1.29, 1.82) is 0 Å². The van der Waals surface area contributed by atoms with E-state index in [4.69, 9.17) is 13.9 Å². The number of oxazole rings is 1. The number of hydrogen-bond acceptors (Lipinski definition) is 7. The molecule has 0 radical (unpaired) electrons. The lowest BCUT2D eigenvalue weighted by molar-refractivity contribution is -0.259. The first-order chi connectivity index (χ1) is 15.8. The molecule has 0 spiro atoms. The van der Waals surface area contributed by atoms with Gasteiger partial charge in [-0.2, -0.15) is 0 Å². The van der Waals surface area contributed by atoms with Crippen molar-refractivity contribution in [2.24, 2.45) is 5.92 Å². The highest BCUT2D eigenvalue weighted by molar-refractivity contribution is 5.88. The van der Waals surface area contributed by atoms with Crippen LogP contribution in [-0.4, -0.2) is 85.4 Å². The molecule has 2 aliphatic heterocycles. The lowest BCUT2D eigenvalue weighted by Gasteiger charge is -2.36. The van der Waals surface area contributed by atoms with Crippen molar-refractivity contribution >= 4 is 11.8 Å². The van der Waals surface area contributed by atoms with Crippen molar-refractivity contribution in [2.75, 3.05) is 53.0 Å². The Hall–Kier alpha value is -2.75. The largest absolute Gasteiger partial charge is 0.441 e. The van der Waals surface area contributed by atoms with Gasteiger partial charge >= 0.3 is 0 Å². The van der Waals surface area contributed by atoms with Gasteiger partial charge in [-0.05, 0) is 33.0 Å². The smallest absolute Gasteiger partial charge is 0.280 e. The normalized spacial score (nSPS) is 24.0. The number of carbonyl (C=O) groups is 2. The van der Waals surface area contributed by atoms with Crippen molar-refractivity contribution in [3.8, 4) is 11.5 Å². The number of benzene rings is 1. The Morgan fingerprint density at radius 1 is 1.12 bits per heavy atom. The zero-order valence-corrected chi connectivity index (χ0v) is 19.5. The van der Waals surface area contributed by atoms with E-state index in [1.54, 1.807) is 11.8 Å². The molecule has 0 aliphatic carbocycles. The van der Waals surface area contributed by atoms with Crippen molar-refractivity contribution in [1.82, 2.24) is 20.1 Å². The Balaban J connectivity index is 1.26. The number of nitrogens with zero attached hydrogens (tertiary/aromatic N) is 3. The molecule has 0 atom stereocenters. The summed E-state index contributed by atoms with van der Waals surface area (Å²) >= 11 is 0. The summed E-state index contributed by atoms with van der Waals surface area (Å²) in [6.45, 7) is 7.14. The van der Waals surface area contributed by atoms with Gasteiger partial charge in [-0.1, -0.05) is 18.2 Å². The summed E-state index contributed by atoms with van der Waals surface area (Å²) in [5, 5.41) is 2.68. The molecule has 0 unspecified atom stereocenters. The molecule has 1 N–H and O–H groups in total. The van der Waals surface area contributed by atoms with Crippen LogP contribution in [-0.2, 0) is 25.5 Å². The Morgan fingerprint density at radius 2 is 1.79 bits per heavy atom. The van der Waals surface area contributed by atoms with Gasteiger partial charge in [0.2, 0.25) is 17.6 Å². The molecule has 1 aromatic heterocycles. The number of nitrogens with one attached hydrogen (secondary N) is 1. The molecule has 178 valence electrons. The average molecular weight is 457 g/mol. The molecule has 2 aliphatic rings. The maximum atomic E-state index is 12.7. The number of aryl methyl sites for hydroxylation is 1. The molecule has 2 saturated heterocycles. The molecule has 4 rings (SSSR count). The van der Waals surface area contributed by atoms with E-state index in [9.17, 15) is 9.59 Å². The second kappa shape index (κ2) is 10.0. The lowest BCUT2D eigenvalue weighted by atomic mass is 10.0. The summed E-state index contributed by atoms with van der Waals surface area (Å²) in [5.74, 6) is -0.535. The second-order valence-electron chi connectivity index (χ2n) is 8.89. The van der Waals surface area contributed by atoms with Crippen LogP contribution in [0.4, 0.5) is 0 Å². The monoisotopic (exact) mass is 456 g/mol. The van der Waals surface area contributed by atoms with Gasteiger partial charge in [-0.25, -0.2) is 4.98 Å². The summed E-state index contributed by atoms with van der Waals surface area (Å²) in [4.78, 5) is 33.6. The number of rotatable bonds is 6. The first kappa shape index (κ1) is 23.4. The summed E-state index contributed by atoms with van der Waals surface area (Å²) < 4.78 is 17.5. The number of hydrogen-bond donors (Lipinski definition) is 1. The third-order valence-corrected chi connectivity index (χ3v) is 6.25. The molecular weight excluding hydrogens is 424 g/mol. The van der Waals surface area contributed by atoms with Crippen LogP contribution in [0.25, 0.3) is 11.5 Å². The summed E-state index contributed by atoms with van der Waals surface area (Å²) in [5.41, 5.74) is 1.79. The van der Waals surface area contributed by atoms with Crippen molar-refractivity contribution in [2.45, 2.75) is 26.1 Å². The molecule has 1 aromatic carbocycles. The van der Waals surface area contributed by atoms with Gasteiger partial charge < -0.3 is 29.0 Å². The van der Waals surface area contributed by atoms with Crippen LogP contribution in [0.5, 0.6) is 0 Å². The fourth-order valence-electron chi connectivity index (χ4n) is 3.97. The Labute approximate surface area is 194 Å². The minimum absolute atomic E-state index is 0.0465. The van der Waals surface area contributed by atoms with Crippen molar-refractivity contribution < 1.29 is 23.5 Å². The third-order valence-electron chi connectivity index (χ3n) is 6.25. The topological polar surface area (TPSA) is 97.1 Å². The van der Waals surface area contributed by atoms with Crippen molar-refractivity contribution in [3.05, 3.63) is 41.8 Å². The molecule has 0 bridgehead atoms. The van der Waals surface area contributed by atoms with E-state index in [-0.39, 0.29) is 18.4 Å². The highest BCUT2D eigenvalue weighted by Gasteiger charge is 2.41. The van der Waals surface area contributed by atoms with Crippen LogP contribution in [0.1, 0.15) is 18.4 Å². The van der Waals surface area contributed by atoms with Gasteiger partial charge in [-0.3, -0.25) is 9.59 Å². The van der Waals surface area contributed by atoms with Gasteiger partial charge in [0.15, 0.2) is 0 Å². The standard InChI is InChI=1S/C24H32N4O5/c1-17-20(26-22(33-17)19-7-5-4-6-8-19)13-18-15-31-24(2,32-16-18)23(30)25-14-21(29)28-11-9-27(3)10-12-28/h4-8,18H,9-16H2,1-3H3,(H,25,30). The summed E-state index contributed by atoms with van der Waals surface area (Å²) in [7, 11) is 2.03. The van der Waals surface area contributed by atoms with E-state index >= 15 is 0 Å². The number of amides is 2. The highest BCUT2D eigenvalue weighted by Crippen LogP contribution is 2.27. The van der Waals surface area contributed by atoms with Gasteiger partial charge in [0, 0.05) is 44.1 Å². The summed E-state index contributed by atoms with van der Waals surface area (Å²) in [6.07, 6.45) is 0.627. The van der Waals surface area contributed by atoms with Crippen LogP contribution in [0.15, 0.2) is 34.7 Å². The molecule has 0 saturated carbocycles. The number of aromatic nitrogens is 1. The number of carbonyl (C=O) groups excluding carboxylic acids is 2. The molecule has 3 heterocycles. The summed E-state index contributed by atoms with van der Waals surface area (Å²) in [6, 6.07) is 9.76. The van der Waals surface area contributed by atoms with E-state index in [2.05, 4.69) is 15.2 Å². The molecule has 9 nitrogen and oxygen atoms in total. The number of likely N-dealkylation sites (N-methyl/N-ethyl adjacent to an activating group) is 1. The fourth-order valence-corrected chi connectivity index (χ4v) is 3.97. The SMILES string of the molecule is Cc1oc(-c2ccccc2)nc1CC1COC(C)(C(=O)NCC(=O)N2CCN(C)CC2)OC1. The molecule has 33 heavy (non-hydrogen) atoms. The van der Waals surface area contributed by atoms with Gasteiger partial charge in [0.1, 0.15) is 5.76 Å². The van der Waals surface area contributed by atoms with E-state index in [0.717, 1.165) is 30.1 Å². The minimum Gasteiger partial charge on any atom is -0.441 e. The molecule has 2 amide bonds. The zero-order chi connectivity index (χ0) is 23.4. The van der Waals surface area contributed by atoms with E-state index in [0.29, 0.717) is 38.6 Å². The van der Waals surface area contributed by atoms with Crippen LogP contribution in [0, 0.1) is 12.8 Å². The number of piperazine rings is 1. The maximum absolute atomic E-state index is 12.7. The van der Waals surface area contributed by atoms with Crippen LogP contribution < -0.4 is 5.32 Å². The Kier molecular flexibility index (Phi) is 7.11. The van der Waals surface area contributed by atoms with E-state index in [1.807, 2.05) is 44.3 Å². The Bertz CT molecular complexity index is 960. The van der Waals surface area contributed by atoms with Crippen molar-refractivity contribution in [3.63, 3.8) is 0 Å². The lowest BCUT2D eigenvalue weighted by Crippen LogP contribution is -2.56. The first-order valence-electron chi connectivity index (χ1n) is 11.4. The second-order valence-corrected chi connectivity index (χ2v) is 8.89. The van der Waals surface area contributed by atoms with Gasteiger partial charge in [-0.15, -0.1) is 0 Å². The molecular formula is C24H32N4O5. The quantitative estimate of drug-likeness (QED) is 0.703. The average Bonchev–Trinajstić information content (AvgIpc) is 3.20. The van der Waals surface area contributed by atoms with E-state index in [1.165, 1.54) is 0 Å². The molecule has 2 aromatic rings. The highest BCUT2D eigenvalue weighted by atomic mass is 16.7. The zero-order valence-electron chi connectivity index (χ0n) is 19.5. The van der Waals surface area contributed by atoms with Gasteiger partial charge in [0.25, 0.3) is 5.91 Å². The van der Waals surface area contributed by atoms with Crippen LogP contribution >= 0.6 is 0 Å². The molecule has 9 heteroatoms. The first-order valence-corrected chi connectivity index (χ1v) is 11.4. The minimum atomic E-state index is -1.41. The number of ether oxygens (including phenoxy) is 2. The fraction of sp³-hybridized carbons (Fsp3) is 0.542. The third kappa shape index (κ3) is 5.61. The molecule has 2 fully saturated rings. The van der Waals surface area contributed by atoms with Crippen LogP contribution in [0.2, 0.25) is 0 Å². The maximum Gasteiger partial charge on any atom is 0.280 e. The van der Waals surface area contributed by atoms with Crippen LogP contribution in [0.3, 0.4) is 0 Å². The predicted molar refractivity (Wildman–Crippen MR) is 121 cm³/mol. The van der Waals surface area contributed by atoms with E-state index < -0.39 is 11.7 Å².